The number of nitrogens with zero attached hydrogens (tertiary/aromatic N) is 2. The molecular weight excluding hydrogens is 253 g/mol. The standard InChI is InChI=1S/C14H13F3N2/c15-14(16,17)11-2-4-13(10(6-11)7-18)19-8-9-1-3-12(19)5-9/h2,4,6,9,12H,1,3,5,8H2. The van der Waals surface area contributed by atoms with E-state index in [0.29, 0.717) is 17.6 Å². The molecule has 3 rings (SSSR count). The molecule has 1 saturated carbocycles. The molecule has 2 unspecified atom stereocenters. The number of halogens is 3. The third-order valence-corrected chi connectivity index (χ3v) is 4.16. The minimum atomic E-state index is -4.39. The Bertz CT molecular complexity index is 545. The van der Waals surface area contributed by atoms with Gasteiger partial charge in [-0.15, -0.1) is 0 Å². The average Bonchev–Trinajstić information content (AvgIpc) is 2.99. The van der Waals surface area contributed by atoms with Gasteiger partial charge in [0.15, 0.2) is 0 Å². The van der Waals surface area contributed by atoms with Crippen LogP contribution in [0.3, 0.4) is 0 Å². The van der Waals surface area contributed by atoms with E-state index in [1.54, 1.807) is 0 Å². The van der Waals surface area contributed by atoms with Crippen LogP contribution < -0.4 is 4.90 Å². The van der Waals surface area contributed by atoms with Crippen molar-refractivity contribution in [3.05, 3.63) is 29.3 Å². The lowest BCUT2D eigenvalue weighted by Crippen LogP contribution is -2.32. The zero-order valence-electron chi connectivity index (χ0n) is 10.2. The Balaban J connectivity index is 1.97. The summed E-state index contributed by atoms with van der Waals surface area (Å²) in [6.07, 6.45) is -1.01. The maximum absolute atomic E-state index is 12.6. The SMILES string of the molecule is N#Cc1cc(C(F)(F)F)ccc1N1CC2CCC1C2. The van der Waals surface area contributed by atoms with E-state index in [1.807, 2.05) is 6.07 Å². The quantitative estimate of drug-likeness (QED) is 0.777. The molecule has 2 bridgehead atoms. The highest BCUT2D eigenvalue weighted by atomic mass is 19.4. The molecule has 1 aliphatic heterocycles. The van der Waals surface area contributed by atoms with Gasteiger partial charge in [0.2, 0.25) is 0 Å². The van der Waals surface area contributed by atoms with Crippen molar-refractivity contribution in [3.8, 4) is 6.07 Å². The summed E-state index contributed by atoms with van der Waals surface area (Å²) in [5, 5.41) is 9.10. The number of alkyl halides is 3. The smallest absolute Gasteiger partial charge is 0.367 e. The minimum absolute atomic E-state index is 0.127. The molecule has 0 radical (unpaired) electrons. The summed E-state index contributed by atoms with van der Waals surface area (Å²) in [6.45, 7) is 0.866. The Kier molecular flexibility index (Phi) is 2.70. The number of benzene rings is 1. The molecule has 2 fully saturated rings. The van der Waals surface area contributed by atoms with Crippen molar-refractivity contribution in [1.29, 1.82) is 5.26 Å². The summed E-state index contributed by atoms with van der Waals surface area (Å²) < 4.78 is 37.9. The van der Waals surface area contributed by atoms with Crippen LogP contribution >= 0.6 is 0 Å². The van der Waals surface area contributed by atoms with Gasteiger partial charge in [0.05, 0.1) is 16.8 Å². The van der Waals surface area contributed by atoms with Crippen molar-refractivity contribution in [2.75, 3.05) is 11.4 Å². The van der Waals surface area contributed by atoms with E-state index in [4.69, 9.17) is 5.26 Å². The second-order valence-electron chi connectivity index (χ2n) is 5.33. The summed E-state index contributed by atoms with van der Waals surface area (Å²) in [4.78, 5) is 2.10. The second-order valence-corrected chi connectivity index (χ2v) is 5.33. The van der Waals surface area contributed by atoms with Crippen molar-refractivity contribution in [2.24, 2.45) is 5.92 Å². The van der Waals surface area contributed by atoms with Gasteiger partial charge < -0.3 is 4.90 Å². The number of piperidine rings is 1. The highest BCUT2D eigenvalue weighted by molar-refractivity contribution is 5.62. The van der Waals surface area contributed by atoms with Crippen LogP contribution in [0, 0.1) is 17.2 Å². The highest BCUT2D eigenvalue weighted by Crippen LogP contribution is 2.42. The highest BCUT2D eigenvalue weighted by Gasteiger charge is 2.39. The number of fused-ring (bicyclic) bond motifs is 2. The molecule has 0 spiro atoms. The third-order valence-electron chi connectivity index (χ3n) is 4.16. The van der Waals surface area contributed by atoms with E-state index in [0.717, 1.165) is 31.5 Å². The molecule has 2 atom stereocenters. The number of nitriles is 1. The number of anilines is 1. The Labute approximate surface area is 109 Å². The summed E-state index contributed by atoms with van der Waals surface area (Å²) in [5.74, 6) is 0.638. The fourth-order valence-electron chi connectivity index (χ4n) is 3.27. The first-order valence-corrected chi connectivity index (χ1v) is 6.37. The maximum atomic E-state index is 12.6. The summed E-state index contributed by atoms with van der Waals surface area (Å²) in [6, 6.07) is 5.78. The maximum Gasteiger partial charge on any atom is 0.416 e. The Morgan fingerprint density at radius 3 is 2.58 bits per heavy atom. The van der Waals surface area contributed by atoms with Crippen LogP contribution in [0.5, 0.6) is 0 Å². The lowest BCUT2D eigenvalue weighted by atomic mass is 10.0. The predicted octanol–water partition coefficient (Wildman–Crippen LogP) is 3.57. The van der Waals surface area contributed by atoms with Gasteiger partial charge in [-0.05, 0) is 43.4 Å². The van der Waals surface area contributed by atoms with Crippen LogP contribution in [-0.4, -0.2) is 12.6 Å². The molecule has 0 N–H and O–H groups in total. The Morgan fingerprint density at radius 2 is 2.05 bits per heavy atom. The Morgan fingerprint density at radius 1 is 1.26 bits per heavy atom. The van der Waals surface area contributed by atoms with Gasteiger partial charge >= 0.3 is 6.18 Å². The van der Waals surface area contributed by atoms with Gasteiger partial charge in [0.25, 0.3) is 0 Å². The first-order valence-electron chi connectivity index (χ1n) is 6.37. The van der Waals surface area contributed by atoms with Gasteiger partial charge in [0.1, 0.15) is 6.07 Å². The van der Waals surface area contributed by atoms with E-state index in [9.17, 15) is 13.2 Å². The molecule has 1 aromatic rings. The molecule has 5 heteroatoms. The molecule has 0 amide bonds. The zero-order valence-corrected chi connectivity index (χ0v) is 10.2. The van der Waals surface area contributed by atoms with Gasteiger partial charge in [0, 0.05) is 12.6 Å². The second kappa shape index (κ2) is 4.16. The zero-order chi connectivity index (χ0) is 13.6. The van der Waals surface area contributed by atoms with Crippen molar-refractivity contribution in [2.45, 2.75) is 31.5 Å². The largest absolute Gasteiger partial charge is 0.416 e. The number of hydrogen-bond acceptors (Lipinski definition) is 2. The van der Waals surface area contributed by atoms with Gasteiger partial charge in [-0.25, -0.2) is 0 Å². The molecule has 1 saturated heterocycles. The van der Waals surface area contributed by atoms with Gasteiger partial charge in [-0.1, -0.05) is 0 Å². The molecule has 1 heterocycles. The van der Waals surface area contributed by atoms with E-state index < -0.39 is 11.7 Å². The summed E-state index contributed by atoms with van der Waals surface area (Å²) in [5.41, 5.74) is 0.0298. The minimum Gasteiger partial charge on any atom is -0.367 e. The van der Waals surface area contributed by atoms with Crippen LogP contribution in [0.15, 0.2) is 18.2 Å². The first-order chi connectivity index (χ1) is 8.99. The van der Waals surface area contributed by atoms with Crippen LogP contribution in [0.1, 0.15) is 30.4 Å². The van der Waals surface area contributed by atoms with Crippen molar-refractivity contribution in [1.82, 2.24) is 0 Å². The van der Waals surface area contributed by atoms with Gasteiger partial charge in [-0.2, -0.15) is 18.4 Å². The van der Waals surface area contributed by atoms with Crippen molar-refractivity contribution in [3.63, 3.8) is 0 Å². The molecule has 2 aliphatic rings. The third kappa shape index (κ3) is 2.05. The lowest BCUT2D eigenvalue weighted by molar-refractivity contribution is -0.137. The van der Waals surface area contributed by atoms with Crippen molar-refractivity contribution >= 4 is 5.69 Å². The normalized spacial score (nSPS) is 25.7. The number of hydrogen-bond donors (Lipinski definition) is 0. The fourth-order valence-corrected chi connectivity index (χ4v) is 3.27. The average molecular weight is 266 g/mol. The molecule has 2 nitrogen and oxygen atoms in total. The van der Waals surface area contributed by atoms with Crippen LogP contribution in [0.2, 0.25) is 0 Å². The molecule has 1 aromatic carbocycles. The molecule has 19 heavy (non-hydrogen) atoms. The topological polar surface area (TPSA) is 27.0 Å². The predicted molar refractivity (Wildman–Crippen MR) is 64.6 cm³/mol. The summed E-state index contributed by atoms with van der Waals surface area (Å²) >= 11 is 0. The summed E-state index contributed by atoms with van der Waals surface area (Å²) in [7, 11) is 0. The molecular formula is C14H13F3N2. The molecule has 1 aliphatic carbocycles. The monoisotopic (exact) mass is 266 g/mol. The van der Waals surface area contributed by atoms with Crippen LogP contribution in [-0.2, 0) is 6.18 Å². The first kappa shape index (κ1) is 12.3. The molecule has 100 valence electrons. The van der Waals surface area contributed by atoms with Crippen molar-refractivity contribution < 1.29 is 13.2 Å². The van der Waals surface area contributed by atoms with Crippen LogP contribution in [0.4, 0.5) is 18.9 Å². The van der Waals surface area contributed by atoms with E-state index in [2.05, 4.69) is 4.90 Å². The van der Waals surface area contributed by atoms with Gasteiger partial charge in [-0.3, -0.25) is 0 Å². The van der Waals surface area contributed by atoms with Crippen LogP contribution in [0.25, 0.3) is 0 Å². The lowest BCUT2D eigenvalue weighted by Gasteiger charge is -2.30. The van der Waals surface area contributed by atoms with E-state index >= 15 is 0 Å². The molecule has 0 aromatic heterocycles. The van der Waals surface area contributed by atoms with E-state index in [-0.39, 0.29) is 5.56 Å². The van der Waals surface area contributed by atoms with E-state index in [1.165, 1.54) is 12.5 Å². The Hall–Kier alpha value is -1.70. The number of rotatable bonds is 1. The fraction of sp³-hybridized carbons (Fsp3) is 0.500.